The smallest absolute Gasteiger partial charge is 0.329 e. The summed E-state index contributed by atoms with van der Waals surface area (Å²) in [5.74, 6) is 0.913. The van der Waals surface area contributed by atoms with Crippen LogP contribution in [0.3, 0.4) is 0 Å². The SMILES string of the molecule is COC(=O)C[C@@H](NC(=O)NC12CC3CC(CC(C3)C1)C2)C(=O)OC. The molecule has 0 spiro atoms. The van der Waals surface area contributed by atoms with Crippen LogP contribution in [0.5, 0.6) is 0 Å². The van der Waals surface area contributed by atoms with E-state index in [-0.39, 0.29) is 12.0 Å². The summed E-state index contributed by atoms with van der Waals surface area (Å²) in [5.41, 5.74) is -0.148. The summed E-state index contributed by atoms with van der Waals surface area (Å²) in [6.45, 7) is 0. The third kappa shape index (κ3) is 3.49. The van der Waals surface area contributed by atoms with E-state index in [0.29, 0.717) is 17.8 Å². The van der Waals surface area contributed by atoms with Gasteiger partial charge >= 0.3 is 18.0 Å². The number of carbonyl (C=O) groups is 3. The van der Waals surface area contributed by atoms with Crippen molar-refractivity contribution in [1.82, 2.24) is 10.6 Å². The van der Waals surface area contributed by atoms with Crippen LogP contribution in [0, 0.1) is 17.8 Å². The van der Waals surface area contributed by atoms with Gasteiger partial charge in [-0.05, 0) is 56.3 Å². The molecule has 1 atom stereocenters. The molecular formula is C17H26N2O5. The van der Waals surface area contributed by atoms with Gasteiger partial charge in [0.15, 0.2) is 0 Å². The molecule has 7 heteroatoms. The quantitative estimate of drug-likeness (QED) is 0.738. The molecule has 4 fully saturated rings. The molecule has 4 bridgehead atoms. The topological polar surface area (TPSA) is 93.7 Å². The molecule has 134 valence electrons. The van der Waals surface area contributed by atoms with Crippen LogP contribution in [0.4, 0.5) is 4.79 Å². The second kappa shape index (κ2) is 6.61. The van der Waals surface area contributed by atoms with E-state index in [1.165, 1.54) is 33.5 Å². The number of urea groups is 1. The fourth-order valence-electron chi connectivity index (χ4n) is 5.28. The van der Waals surface area contributed by atoms with Gasteiger partial charge in [-0.1, -0.05) is 0 Å². The fourth-order valence-corrected chi connectivity index (χ4v) is 5.28. The average molecular weight is 338 g/mol. The minimum Gasteiger partial charge on any atom is -0.469 e. The number of nitrogens with one attached hydrogen (secondary N) is 2. The van der Waals surface area contributed by atoms with Gasteiger partial charge in [0, 0.05) is 5.54 Å². The number of carbonyl (C=O) groups excluding carboxylic acids is 3. The molecule has 4 aliphatic carbocycles. The summed E-state index contributed by atoms with van der Waals surface area (Å²) in [6.07, 6.45) is 6.68. The molecule has 0 heterocycles. The average Bonchev–Trinajstić information content (AvgIpc) is 2.51. The predicted molar refractivity (Wildman–Crippen MR) is 85.0 cm³/mol. The lowest BCUT2D eigenvalue weighted by atomic mass is 9.53. The number of rotatable bonds is 5. The van der Waals surface area contributed by atoms with E-state index >= 15 is 0 Å². The van der Waals surface area contributed by atoms with Crippen molar-refractivity contribution in [2.24, 2.45) is 17.8 Å². The van der Waals surface area contributed by atoms with Crippen molar-refractivity contribution in [1.29, 1.82) is 0 Å². The van der Waals surface area contributed by atoms with Gasteiger partial charge < -0.3 is 20.1 Å². The van der Waals surface area contributed by atoms with Crippen molar-refractivity contribution in [3.05, 3.63) is 0 Å². The molecule has 2 amide bonds. The van der Waals surface area contributed by atoms with E-state index in [1.54, 1.807) is 0 Å². The maximum atomic E-state index is 12.4. The maximum absolute atomic E-state index is 12.4. The minimum atomic E-state index is -1.03. The molecule has 0 unspecified atom stereocenters. The maximum Gasteiger partial charge on any atom is 0.329 e. The van der Waals surface area contributed by atoms with E-state index in [0.717, 1.165) is 19.3 Å². The molecular weight excluding hydrogens is 312 g/mol. The van der Waals surface area contributed by atoms with E-state index in [4.69, 9.17) is 0 Å². The van der Waals surface area contributed by atoms with Gasteiger partial charge in [0.1, 0.15) is 6.04 Å². The van der Waals surface area contributed by atoms with Gasteiger partial charge in [0.2, 0.25) is 0 Å². The van der Waals surface area contributed by atoms with Crippen LogP contribution >= 0.6 is 0 Å². The summed E-state index contributed by atoms with van der Waals surface area (Å²) < 4.78 is 9.24. The largest absolute Gasteiger partial charge is 0.469 e. The van der Waals surface area contributed by atoms with Crippen molar-refractivity contribution >= 4 is 18.0 Å². The van der Waals surface area contributed by atoms with Gasteiger partial charge in [0.05, 0.1) is 20.6 Å². The first-order valence-corrected chi connectivity index (χ1v) is 8.66. The summed E-state index contributed by atoms with van der Waals surface area (Å²) in [5, 5.41) is 5.70. The number of methoxy groups -OCH3 is 2. The molecule has 4 saturated carbocycles. The van der Waals surface area contributed by atoms with Crippen LogP contribution in [-0.4, -0.2) is 43.8 Å². The van der Waals surface area contributed by atoms with Gasteiger partial charge in [0.25, 0.3) is 0 Å². The zero-order chi connectivity index (χ0) is 17.3. The molecule has 0 aromatic carbocycles. The molecule has 4 aliphatic rings. The number of hydrogen-bond acceptors (Lipinski definition) is 5. The summed E-state index contributed by atoms with van der Waals surface area (Å²) >= 11 is 0. The molecule has 2 N–H and O–H groups in total. The standard InChI is InChI=1S/C17H26N2O5/c1-23-14(20)6-13(15(21)24-2)18-16(22)19-17-7-10-3-11(8-17)5-12(4-10)9-17/h10-13H,3-9H2,1-2H3,(H2,18,19,22)/t10?,11?,12?,13-,17?/m1/s1. The van der Waals surface area contributed by atoms with Crippen molar-refractivity contribution in [3.8, 4) is 0 Å². The van der Waals surface area contributed by atoms with Crippen LogP contribution in [0.1, 0.15) is 44.9 Å². The first-order valence-electron chi connectivity index (χ1n) is 8.66. The first-order chi connectivity index (χ1) is 11.4. The lowest BCUT2D eigenvalue weighted by Crippen LogP contribution is -2.62. The molecule has 0 aromatic heterocycles. The van der Waals surface area contributed by atoms with Crippen LogP contribution in [0.25, 0.3) is 0 Å². The molecule has 0 radical (unpaired) electrons. The zero-order valence-corrected chi connectivity index (χ0v) is 14.3. The molecule has 0 aliphatic heterocycles. The summed E-state index contributed by atoms with van der Waals surface area (Å²) in [7, 11) is 2.47. The summed E-state index contributed by atoms with van der Waals surface area (Å²) in [4.78, 5) is 35.7. The van der Waals surface area contributed by atoms with Gasteiger partial charge in [-0.3, -0.25) is 4.79 Å². The molecule has 0 aromatic rings. The molecule has 4 rings (SSSR count). The Morgan fingerprint density at radius 3 is 2.00 bits per heavy atom. The van der Waals surface area contributed by atoms with Crippen molar-refractivity contribution in [2.45, 2.75) is 56.5 Å². The normalized spacial score (nSPS) is 34.3. The third-order valence-corrected chi connectivity index (χ3v) is 5.81. The number of esters is 2. The monoisotopic (exact) mass is 338 g/mol. The Hall–Kier alpha value is -1.79. The number of hydrogen-bond donors (Lipinski definition) is 2. The highest BCUT2D eigenvalue weighted by Gasteiger charge is 2.51. The van der Waals surface area contributed by atoms with Crippen LogP contribution in [0.2, 0.25) is 0 Å². The number of amides is 2. The Morgan fingerprint density at radius 2 is 1.54 bits per heavy atom. The Labute approximate surface area is 141 Å². The van der Waals surface area contributed by atoms with E-state index in [9.17, 15) is 14.4 Å². The minimum absolute atomic E-state index is 0.148. The van der Waals surface area contributed by atoms with Crippen molar-refractivity contribution in [3.63, 3.8) is 0 Å². The van der Waals surface area contributed by atoms with Crippen molar-refractivity contribution in [2.75, 3.05) is 14.2 Å². The lowest BCUT2D eigenvalue weighted by Gasteiger charge is -2.56. The Kier molecular flexibility index (Phi) is 4.69. The Morgan fingerprint density at radius 1 is 1.00 bits per heavy atom. The van der Waals surface area contributed by atoms with E-state index in [1.807, 2.05) is 0 Å². The predicted octanol–water partition coefficient (Wildman–Crippen LogP) is 1.36. The lowest BCUT2D eigenvalue weighted by molar-refractivity contribution is -0.149. The van der Waals surface area contributed by atoms with Crippen LogP contribution < -0.4 is 10.6 Å². The zero-order valence-electron chi connectivity index (χ0n) is 14.3. The van der Waals surface area contributed by atoms with Gasteiger partial charge in [-0.2, -0.15) is 0 Å². The third-order valence-electron chi connectivity index (χ3n) is 5.81. The van der Waals surface area contributed by atoms with Gasteiger partial charge in [-0.25, -0.2) is 9.59 Å². The van der Waals surface area contributed by atoms with Gasteiger partial charge in [-0.15, -0.1) is 0 Å². The molecule has 7 nitrogen and oxygen atoms in total. The highest BCUT2D eigenvalue weighted by atomic mass is 16.5. The molecule has 24 heavy (non-hydrogen) atoms. The number of ether oxygens (including phenoxy) is 2. The molecule has 0 saturated heterocycles. The Balaban J connectivity index is 1.61. The van der Waals surface area contributed by atoms with E-state index in [2.05, 4.69) is 20.1 Å². The highest BCUT2D eigenvalue weighted by molar-refractivity contribution is 5.87. The van der Waals surface area contributed by atoms with E-state index < -0.39 is 24.0 Å². The summed E-state index contributed by atoms with van der Waals surface area (Å²) in [6, 6.07) is -1.44. The van der Waals surface area contributed by atoms with Crippen LogP contribution in [0.15, 0.2) is 0 Å². The fraction of sp³-hybridized carbons (Fsp3) is 0.824. The first kappa shape index (κ1) is 17.0. The van der Waals surface area contributed by atoms with Crippen LogP contribution in [-0.2, 0) is 19.1 Å². The van der Waals surface area contributed by atoms with Crippen molar-refractivity contribution < 1.29 is 23.9 Å². The second-order valence-electron chi connectivity index (χ2n) is 7.65. The highest BCUT2D eigenvalue weighted by Crippen LogP contribution is 2.55. The second-order valence-corrected chi connectivity index (χ2v) is 7.65. The Bertz CT molecular complexity index is 498.